The highest BCUT2D eigenvalue weighted by Crippen LogP contribution is 2.42. The van der Waals surface area contributed by atoms with Crippen molar-refractivity contribution in [1.82, 2.24) is 18.3 Å². The lowest BCUT2D eigenvalue weighted by Gasteiger charge is -2.21. The molecule has 0 aliphatic heterocycles. The average Bonchev–Trinajstić information content (AvgIpc) is 4.29. The molecule has 1 aliphatic carbocycles. The van der Waals surface area contributed by atoms with Crippen molar-refractivity contribution in [2.75, 3.05) is 0 Å². The van der Waals surface area contributed by atoms with Gasteiger partial charge in [-0.1, -0.05) is 156 Å². The topological polar surface area (TPSA) is 115 Å². The van der Waals surface area contributed by atoms with Gasteiger partial charge in [-0.2, -0.15) is 21.0 Å². The number of fused-ring (bicyclic) bond motifs is 8. The van der Waals surface area contributed by atoms with Crippen LogP contribution in [-0.4, -0.2) is 18.3 Å². The fourth-order valence-corrected chi connectivity index (χ4v) is 11.7. The quantitative estimate of drug-likeness (QED) is 0.0688. The Kier molecular flexibility index (Phi) is 16.6. The van der Waals surface area contributed by atoms with Crippen LogP contribution in [0, 0.1) is 58.2 Å². The molecule has 0 spiro atoms. The van der Waals surface area contributed by atoms with Crippen molar-refractivity contribution in [2.24, 2.45) is 0 Å². The number of rotatable bonds is 12. The summed E-state index contributed by atoms with van der Waals surface area (Å²) >= 11 is 0. The average molecular weight is 1050 g/mol. The van der Waals surface area contributed by atoms with E-state index < -0.39 is 0 Å². The summed E-state index contributed by atoms with van der Waals surface area (Å²) in [5.74, 6) is 0. The fourth-order valence-electron chi connectivity index (χ4n) is 11.7. The van der Waals surface area contributed by atoms with Gasteiger partial charge in [-0.25, -0.2) is 0 Å². The minimum Gasteiger partial charge on any atom is -0.311 e. The zero-order chi connectivity index (χ0) is 57.3. The molecule has 0 radical (unpaired) electrons. The van der Waals surface area contributed by atoms with Crippen molar-refractivity contribution in [3.05, 3.63) is 225 Å². The molecule has 11 rings (SSSR count). The lowest BCUT2D eigenvalue weighted by Crippen LogP contribution is -2.30. The molecular formula is C73H62N8. The number of benzene rings is 6. The Balaban J connectivity index is 0.00000194. The van der Waals surface area contributed by atoms with E-state index in [9.17, 15) is 21.0 Å². The maximum Gasteiger partial charge on any atom is 0.101 e. The first-order valence-corrected chi connectivity index (χ1v) is 27.6. The molecule has 8 nitrogen and oxygen atoms in total. The summed E-state index contributed by atoms with van der Waals surface area (Å²) in [5, 5.41) is 49.6. The summed E-state index contributed by atoms with van der Waals surface area (Å²) in [4.78, 5) is 0. The molecule has 4 aromatic heterocycles. The van der Waals surface area contributed by atoms with E-state index in [-0.39, 0.29) is 0 Å². The number of para-hydroxylation sites is 4. The first-order valence-electron chi connectivity index (χ1n) is 27.6. The zero-order valence-corrected chi connectivity index (χ0v) is 46.8. The number of allylic oxidation sites excluding steroid dienone is 9. The number of nitrogens with zero attached hydrogens (tertiary/aromatic N) is 8. The third kappa shape index (κ3) is 9.59. The maximum absolute atomic E-state index is 10.7. The number of hydrogen-bond donors (Lipinski definition) is 0. The minimum absolute atomic E-state index is 0.296. The highest BCUT2D eigenvalue weighted by molar-refractivity contribution is 6.14. The SMILES string of the molecule is C#C.C=C/C=c1\c(=C/CC)c2c(n1-c1cc(C#N)c(C#N)cc1-n1c3ccccc3c3cc(Cc4c(CCC)n(C(=C/C(C#N)=C(\C)C#N)/C(=C\C)n5c6ccccc6c6ccccc65)c5ccccc45)ccc31)C=CCC=C2.CC. The summed E-state index contributed by atoms with van der Waals surface area (Å²) in [6, 6.07) is 53.6. The predicted molar refractivity (Wildman–Crippen MR) is 338 cm³/mol. The Morgan fingerprint density at radius 2 is 1.20 bits per heavy atom. The molecule has 0 unspecified atom stereocenters. The summed E-state index contributed by atoms with van der Waals surface area (Å²) in [7, 11) is 0. The number of nitriles is 4. The van der Waals surface area contributed by atoms with E-state index in [0.717, 1.165) is 136 Å². The number of terminal acetylenes is 1. The molecule has 0 bridgehead atoms. The van der Waals surface area contributed by atoms with Crippen LogP contribution in [0.4, 0.5) is 0 Å². The van der Waals surface area contributed by atoms with Gasteiger partial charge >= 0.3 is 0 Å². The predicted octanol–water partition coefficient (Wildman–Crippen LogP) is 16.6. The van der Waals surface area contributed by atoms with Gasteiger partial charge in [-0.05, 0) is 117 Å². The molecule has 0 N–H and O–H groups in total. The minimum atomic E-state index is 0.296. The Morgan fingerprint density at radius 3 is 1.77 bits per heavy atom. The number of hydrogen-bond acceptors (Lipinski definition) is 4. The van der Waals surface area contributed by atoms with Gasteiger partial charge in [0.05, 0.1) is 84.2 Å². The smallest absolute Gasteiger partial charge is 0.101 e. The van der Waals surface area contributed by atoms with E-state index in [1.54, 1.807) is 6.92 Å². The van der Waals surface area contributed by atoms with Gasteiger partial charge in [-0.15, -0.1) is 12.8 Å². The van der Waals surface area contributed by atoms with E-state index in [1.165, 1.54) is 5.56 Å². The molecule has 10 aromatic rings. The zero-order valence-electron chi connectivity index (χ0n) is 46.8. The molecule has 0 saturated heterocycles. The summed E-state index contributed by atoms with van der Waals surface area (Å²) < 4.78 is 9.11. The molecule has 6 aromatic carbocycles. The Labute approximate surface area is 474 Å². The van der Waals surface area contributed by atoms with Crippen molar-refractivity contribution < 1.29 is 0 Å². The first-order chi connectivity index (χ1) is 39.8. The molecule has 0 fully saturated rings. The Bertz CT molecular complexity index is 4590. The second-order valence-electron chi connectivity index (χ2n) is 19.3. The van der Waals surface area contributed by atoms with Gasteiger partial charge in [0.25, 0.3) is 0 Å². The van der Waals surface area contributed by atoms with Crippen LogP contribution in [0.2, 0.25) is 0 Å². The van der Waals surface area contributed by atoms with Crippen LogP contribution in [0.25, 0.3) is 102 Å². The third-order valence-electron chi connectivity index (χ3n) is 14.9. The van der Waals surface area contributed by atoms with E-state index >= 15 is 0 Å². The van der Waals surface area contributed by atoms with Crippen LogP contribution in [0.3, 0.4) is 0 Å². The summed E-state index contributed by atoms with van der Waals surface area (Å²) in [6.45, 7) is 16.2. The first kappa shape index (κ1) is 55.2. The molecule has 394 valence electrons. The van der Waals surface area contributed by atoms with E-state index in [1.807, 2.05) is 57.2 Å². The molecule has 81 heavy (non-hydrogen) atoms. The van der Waals surface area contributed by atoms with Crippen LogP contribution in [0.15, 0.2) is 175 Å². The van der Waals surface area contributed by atoms with E-state index in [0.29, 0.717) is 28.7 Å². The molecule has 1 aliphatic rings. The molecule has 0 saturated carbocycles. The Morgan fingerprint density at radius 1 is 0.642 bits per heavy atom. The second kappa shape index (κ2) is 24.4. The van der Waals surface area contributed by atoms with Gasteiger partial charge in [0, 0.05) is 49.0 Å². The van der Waals surface area contributed by atoms with Crippen molar-refractivity contribution in [1.29, 1.82) is 21.0 Å². The van der Waals surface area contributed by atoms with Gasteiger partial charge in [0.2, 0.25) is 0 Å². The van der Waals surface area contributed by atoms with Crippen LogP contribution in [0.1, 0.15) is 100 Å². The van der Waals surface area contributed by atoms with Crippen molar-refractivity contribution in [2.45, 2.75) is 73.6 Å². The molecule has 8 heteroatoms. The second-order valence-corrected chi connectivity index (χ2v) is 19.3. The Hall–Kier alpha value is -10.6. The summed E-state index contributed by atoms with van der Waals surface area (Å²) in [6.07, 6.45) is 30.6. The molecule has 0 amide bonds. The monoisotopic (exact) mass is 1050 g/mol. The van der Waals surface area contributed by atoms with Crippen LogP contribution in [-0.2, 0) is 12.8 Å². The standard InChI is InChI=1S/C69H54N8.C2H6.C2H2/c1-6-21-50-51-24-11-10-12-29-63(51)75(59(50)22-7-2)68-39-48(43-72)49(44-73)40-69(68)77-65-33-20-16-28-55(65)57-37-46(34-35-66(57)77)36-56-54-27-15-19-32-64(54)76(60(56)23-8-3)67(38-47(42-71)45(5)41-70)58(9-4)74-61-30-17-13-25-52(61)53-26-14-18-31-62(53)74;2*1-2/h7,9,11-22,24-35,37-40H,2,6,8,10,23,36H2,1,3-5H3;1-2H3;1-2H/b47-45-,50-21-,58-9+,59-22+,67-38+;;. The van der Waals surface area contributed by atoms with Gasteiger partial charge in [0.15, 0.2) is 0 Å². The normalized spacial score (nSPS) is 12.9. The van der Waals surface area contributed by atoms with Crippen LogP contribution in [0.5, 0.6) is 0 Å². The molecule has 0 atom stereocenters. The summed E-state index contributed by atoms with van der Waals surface area (Å²) in [5.41, 5.74) is 15.0. The molecular weight excluding hydrogens is 989 g/mol. The maximum atomic E-state index is 10.7. The lowest BCUT2D eigenvalue weighted by atomic mass is 9.98. The van der Waals surface area contributed by atoms with Crippen LogP contribution < -0.4 is 10.6 Å². The van der Waals surface area contributed by atoms with Crippen molar-refractivity contribution in [3.63, 3.8) is 0 Å². The lowest BCUT2D eigenvalue weighted by molar-refractivity contribution is 0.846. The van der Waals surface area contributed by atoms with Gasteiger partial charge in [-0.3, -0.25) is 0 Å². The highest BCUT2D eigenvalue weighted by Gasteiger charge is 2.27. The fraction of sp³-hybridized carbons (Fsp3) is 0.151. The molecule has 4 heterocycles. The van der Waals surface area contributed by atoms with E-state index in [4.69, 9.17) is 0 Å². The van der Waals surface area contributed by atoms with Crippen molar-refractivity contribution in [3.8, 4) is 48.5 Å². The van der Waals surface area contributed by atoms with Crippen molar-refractivity contribution >= 4 is 90.2 Å². The third-order valence-corrected chi connectivity index (χ3v) is 14.9. The van der Waals surface area contributed by atoms with Crippen LogP contribution >= 0.6 is 0 Å². The van der Waals surface area contributed by atoms with Gasteiger partial charge in [0.1, 0.15) is 18.2 Å². The largest absolute Gasteiger partial charge is 0.311 e. The highest BCUT2D eigenvalue weighted by atomic mass is 15.1. The number of aromatic nitrogens is 4. The van der Waals surface area contributed by atoms with E-state index in [2.05, 4.69) is 221 Å². The van der Waals surface area contributed by atoms with Gasteiger partial charge < -0.3 is 18.3 Å².